The summed E-state index contributed by atoms with van der Waals surface area (Å²) in [7, 11) is 0. The van der Waals surface area contributed by atoms with Crippen LogP contribution in [-0.4, -0.2) is 5.78 Å². The molecule has 0 saturated carbocycles. The van der Waals surface area contributed by atoms with Crippen LogP contribution in [0.1, 0.15) is 21.5 Å². The molecule has 0 fully saturated rings. The van der Waals surface area contributed by atoms with Crippen LogP contribution in [0, 0.1) is 0 Å². The van der Waals surface area contributed by atoms with E-state index in [0.717, 1.165) is 22.9 Å². The summed E-state index contributed by atoms with van der Waals surface area (Å²) < 4.78 is 37.5. The van der Waals surface area contributed by atoms with Crippen molar-refractivity contribution < 1.29 is 18.0 Å². The molecule has 1 nitrogen and oxygen atoms in total. The smallest absolute Gasteiger partial charge is 0.289 e. The molecule has 0 aliphatic rings. The van der Waals surface area contributed by atoms with Crippen molar-refractivity contribution in [2.45, 2.75) is 6.18 Å². The van der Waals surface area contributed by atoms with E-state index in [9.17, 15) is 18.0 Å². The summed E-state index contributed by atoms with van der Waals surface area (Å²) in [5.74, 6) is -0.194. The monoisotopic (exact) mass is 326 g/mol. The van der Waals surface area contributed by atoms with Gasteiger partial charge in [-0.2, -0.15) is 13.2 Å². The number of carbonyl (C=O) groups excluding carboxylic acids is 1. The van der Waals surface area contributed by atoms with Gasteiger partial charge in [0.2, 0.25) is 0 Å². The Kier molecular flexibility index (Phi) is 4.21. The molecule has 3 aromatic rings. The minimum Gasteiger partial charge on any atom is -0.289 e. The van der Waals surface area contributed by atoms with E-state index >= 15 is 0 Å². The zero-order valence-electron chi connectivity index (χ0n) is 12.5. The van der Waals surface area contributed by atoms with Crippen LogP contribution >= 0.6 is 0 Å². The van der Waals surface area contributed by atoms with Crippen molar-refractivity contribution in [3.8, 4) is 0 Å². The van der Waals surface area contributed by atoms with E-state index in [0.29, 0.717) is 11.1 Å². The van der Waals surface area contributed by atoms with Gasteiger partial charge in [0.25, 0.3) is 0 Å². The summed E-state index contributed by atoms with van der Waals surface area (Å²) in [6, 6.07) is 17.8. The van der Waals surface area contributed by atoms with Gasteiger partial charge >= 0.3 is 6.18 Å². The average molecular weight is 326 g/mol. The van der Waals surface area contributed by atoms with Gasteiger partial charge < -0.3 is 0 Å². The van der Waals surface area contributed by atoms with Crippen LogP contribution < -0.4 is 0 Å². The highest BCUT2D eigenvalue weighted by atomic mass is 19.4. The van der Waals surface area contributed by atoms with Crippen LogP contribution in [0.3, 0.4) is 0 Å². The Bertz CT molecular complexity index is 906. The second-order valence-electron chi connectivity index (χ2n) is 5.38. The van der Waals surface area contributed by atoms with Crippen molar-refractivity contribution >= 4 is 22.6 Å². The maximum Gasteiger partial charge on any atom is 0.416 e. The van der Waals surface area contributed by atoms with Crippen LogP contribution in [-0.2, 0) is 6.18 Å². The second-order valence-corrected chi connectivity index (χ2v) is 5.38. The van der Waals surface area contributed by atoms with Gasteiger partial charge in [0, 0.05) is 5.56 Å². The lowest BCUT2D eigenvalue weighted by Gasteiger charge is -2.05. The molecule has 0 radical (unpaired) electrons. The Morgan fingerprint density at radius 2 is 1.50 bits per heavy atom. The zero-order valence-corrected chi connectivity index (χ0v) is 12.5. The molecule has 0 bridgehead atoms. The summed E-state index contributed by atoms with van der Waals surface area (Å²) in [4.78, 5) is 12.2. The largest absolute Gasteiger partial charge is 0.416 e. The van der Waals surface area contributed by atoms with Crippen LogP contribution in [0.4, 0.5) is 13.2 Å². The third-order valence-corrected chi connectivity index (χ3v) is 3.70. The predicted octanol–water partition coefficient (Wildman–Crippen LogP) is 5.75. The summed E-state index contributed by atoms with van der Waals surface area (Å²) >= 11 is 0. The van der Waals surface area contributed by atoms with Crippen molar-refractivity contribution in [3.63, 3.8) is 0 Å². The lowest BCUT2D eigenvalue weighted by atomic mass is 10.0. The molecule has 3 rings (SSSR count). The number of carbonyl (C=O) groups is 1. The van der Waals surface area contributed by atoms with E-state index in [-0.39, 0.29) is 5.78 Å². The molecule has 0 atom stereocenters. The number of rotatable bonds is 3. The molecule has 0 heterocycles. The van der Waals surface area contributed by atoms with E-state index < -0.39 is 11.7 Å². The molecule has 4 heteroatoms. The standard InChI is InChI=1S/C20H13F3O/c21-20(22,23)18-10-5-14(6-11-18)7-12-19(24)17-9-8-15-3-1-2-4-16(15)13-17/h1-13H/b12-7+. The van der Waals surface area contributed by atoms with Gasteiger partial charge in [-0.1, -0.05) is 54.6 Å². The van der Waals surface area contributed by atoms with Gasteiger partial charge in [0.1, 0.15) is 0 Å². The van der Waals surface area contributed by atoms with E-state index in [4.69, 9.17) is 0 Å². The Labute approximate surface area is 137 Å². The van der Waals surface area contributed by atoms with Crippen molar-refractivity contribution in [1.29, 1.82) is 0 Å². The number of halogens is 3. The minimum atomic E-state index is -4.36. The molecule has 0 spiro atoms. The van der Waals surface area contributed by atoms with E-state index in [1.807, 2.05) is 30.3 Å². The molecular formula is C20H13F3O. The van der Waals surface area contributed by atoms with Crippen LogP contribution in [0.2, 0.25) is 0 Å². The van der Waals surface area contributed by atoms with E-state index in [1.165, 1.54) is 24.3 Å². The van der Waals surface area contributed by atoms with Gasteiger partial charge in [0.15, 0.2) is 5.78 Å². The Balaban J connectivity index is 1.79. The van der Waals surface area contributed by atoms with E-state index in [2.05, 4.69) is 0 Å². The SMILES string of the molecule is O=C(/C=C/c1ccc(C(F)(F)F)cc1)c1ccc2ccccc2c1. The number of allylic oxidation sites excluding steroid dienone is 1. The van der Waals surface area contributed by atoms with Gasteiger partial charge in [-0.25, -0.2) is 0 Å². The third kappa shape index (κ3) is 3.54. The van der Waals surface area contributed by atoms with Crippen LogP contribution in [0.5, 0.6) is 0 Å². The first-order chi connectivity index (χ1) is 11.4. The quantitative estimate of drug-likeness (QED) is 0.442. The third-order valence-electron chi connectivity index (χ3n) is 3.70. The lowest BCUT2D eigenvalue weighted by Crippen LogP contribution is -2.04. The topological polar surface area (TPSA) is 17.1 Å². The summed E-state index contributed by atoms with van der Waals surface area (Å²) in [5.41, 5.74) is 0.370. The van der Waals surface area contributed by atoms with Crippen molar-refractivity contribution in [2.75, 3.05) is 0 Å². The highest BCUT2D eigenvalue weighted by molar-refractivity contribution is 6.08. The lowest BCUT2D eigenvalue weighted by molar-refractivity contribution is -0.137. The fraction of sp³-hybridized carbons (Fsp3) is 0.0500. The molecule has 0 aliphatic carbocycles. The predicted molar refractivity (Wildman–Crippen MR) is 88.8 cm³/mol. The summed E-state index contributed by atoms with van der Waals surface area (Å²) in [5, 5.41) is 2.01. The first kappa shape index (κ1) is 16.0. The van der Waals surface area contributed by atoms with Gasteiger partial charge in [0.05, 0.1) is 5.56 Å². The molecule has 120 valence electrons. The zero-order chi connectivity index (χ0) is 17.2. The van der Waals surface area contributed by atoms with Crippen molar-refractivity contribution in [2.24, 2.45) is 0 Å². The number of benzene rings is 3. The Morgan fingerprint density at radius 1 is 0.833 bits per heavy atom. The molecule has 0 unspecified atom stereocenters. The number of fused-ring (bicyclic) bond motifs is 1. The molecule has 24 heavy (non-hydrogen) atoms. The fourth-order valence-electron chi connectivity index (χ4n) is 2.39. The van der Waals surface area contributed by atoms with Crippen LogP contribution in [0.25, 0.3) is 16.8 Å². The molecule has 3 aromatic carbocycles. The van der Waals surface area contributed by atoms with Crippen LogP contribution in [0.15, 0.2) is 72.8 Å². The maximum absolute atomic E-state index is 12.5. The first-order valence-corrected chi connectivity index (χ1v) is 7.32. The summed E-state index contributed by atoms with van der Waals surface area (Å²) in [6.45, 7) is 0. The molecule has 0 aromatic heterocycles. The number of ketones is 1. The Hall–Kier alpha value is -2.88. The average Bonchev–Trinajstić information content (AvgIpc) is 2.59. The minimum absolute atomic E-state index is 0.194. The van der Waals surface area contributed by atoms with Gasteiger partial charge in [-0.05, 0) is 40.6 Å². The molecule has 0 amide bonds. The number of alkyl halides is 3. The summed E-state index contributed by atoms with van der Waals surface area (Å²) in [6.07, 6.45) is -1.48. The van der Waals surface area contributed by atoms with Gasteiger partial charge in [-0.15, -0.1) is 0 Å². The van der Waals surface area contributed by atoms with Crippen molar-refractivity contribution in [3.05, 3.63) is 89.5 Å². The normalized spacial score (nSPS) is 12.0. The molecular weight excluding hydrogens is 313 g/mol. The Morgan fingerprint density at radius 3 is 2.17 bits per heavy atom. The molecule has 0 N–H and O–H groups in total. The number of hydrogen-bond acceptors (Lipinski definition) is 1. The number of hydrogen-bond donors (Lipinski definition) is 0. The maximum atomic E-state index is 12.5. The molecule has 0 saturated heterocycles. The van der Waals surface area contributed by atoms with Crippen molar-refractivity contribution in [1.82, 2.24) is 0 Å². The highest BCUT2D eigenvalue weighted by Gasteiger charge is 2.29. The van der Waals surface area contributed by atoms with E-state index in [1.54, 1.807) is 12.1 Å². The second kappa shape index (κ2) is 6.32. The van der Waals surface area contributed by atoms with Gasteiger partial charge in [-0.3, -0.25) is 4.79 Å². The fourth-order valence-corrected chi connectivity index (χ4v) is 2.39. The highest BCUT2D eigenvalue weighted by Crippen LogP contribution is 2.29. The molecule has 0 aliphatic heterocycles. The first-order valence-electron chi connectivity index (χ1n) is 7.32.